The zero-order chi connectivity index (χ0) is 21.8. The number of anilines is 1. The van der Waals surface area contributed by atoms with E-state index >= 15 is 0 Å². The van der Waals surface area contributed by atoms with E-state index in [9.17, 15) is 10.1 Å². The maximum absolute atomic E-state index is 12.3. The van der Waals surface area contributed by atoms with Crippen LogP contribution < -0.4 is 5.32 Å². The molecule has 5 nitrogen and oxygen atoms in total. The Bertz CT molecular complexity index is 1180. The van der Waals surface area contributed by atoms with E-state index in [0.29, 0.717) is 43.5 Å². The number of hydrogen-bond acceptors (Lipinski definition) is 7. The number of carbonyl (C=O) groups excluding carboxylic acids is 1. The van der Waals surface area contributed by atoms with Gasteiger partial charge in [0, 0.05) is 27.0 Å². The van der Waals surface area contributed by atoms with Crippen LogP contribution in [0.1, 0.15) is 32.7 Å². The first kappa shape index (κ1) is 22.3. The van der Waals surface area contributed by atoms with E-state index < -0.39 is 0 Å². The molecule has 0 bridgehead atoms. The Hall–Kier alpha value is -2.37. The molecule has 0 saturated heterocycles. The van der Waals surface area contributed by atoms with Crippen LogP contribution in [0.5, 0.6) is 0 Å². The number of hydrogen-bond donors (Lipinski definition) is 1. The predicted molar refractivity (Wildman–Crippen MR) is 125 cm³/mol. The van der Waals surface area contributed by atoms with Crippen LogP contribution in [0, 0.1) is 25.2 Å². The minimum atomic E-state index is -0.386. The van der Waals surface area contributed by atoms with E-state index in [1.165, 1.54) is 22.7 Å². The van der Waals surface area contributed by atoms with Gasteiger partial charge in [-0.2, -0.15) is 5.26 Å². The number of allylic oxidation sites excluding steroid dienone is 1. The smallest absolute Gasteiger partial charge is 0.341 e. The number of benzene rings is 1. The molecular weight excluding hydrogens is 461 g/mol. The Morgan fingerprint density at radius 3 is 2.80 bits per heavy atom. The second-order valence-electron chi connectivity index (χ2n) is 6.18. The molecule has 9 heteroatoms. The van der Waals surface area contributed by atoms with Crippen LogP contribution in [0.2, 0.25) is 10.0 Å². The van der Waals surface area contributed by atoms with Crippen molar-refractivity contribution in [3.05, 3.63) is 60.8 Å². The summed E-state index contributed by atoms with van der Waals surface area (Å²) in [7, 11) is 0. The van der Waals surface area contributed by atoms with Crippen molar-refractivity contribution in [1.82, 2.24) is 4.98 Å². The number of halogens is 2. The fraction of sp³-hybridized carbons (Fsp3) is 0.190. The maximum atomic E-state index is 12.3. The van der Waals surface area contributed by atoms with Gasteiger partial charge in [-0.3, -0.25) is 0 Å². The van der Waals surface area contributed by atoms with Crippen molar-refractivity contribution in [3.63, 3.8) is 0 Å². The third-order valence-corrected chi connectivity index (χ3v) is 6.84. The van der Waals surface area contributed by atoms with Gasteiger partial charge in [0.15, 0.2) is 0 Å². The molecule has 0 aliphatic rings. The van der Waals surface area contributed by atoms with E-state index in [1.54, 1.807) is 31.3 Å². The summed E-state index contributed by atoms with van der Waals surface area (Å²) >= 11 is 15.0. The number of aryl methyl sites for hydroxylation is 1. The number of nitriles is 1. The molecule has 0 spiro atoms. The summed E-state index contributed by atoms with van der Waals surface area (Å²) in [6, 6.07) is 7.34. The predicted octanol–water partition coefficient (Wildman–Crippen LogP) is 6.95. The Morgan fingerprint density at radius 2 is 2.13 bits per heavy atom. The molecule has 0 aliphatic carbocycles. The number of aromatic nitrogens is 1. The van der Waals surface area contributed by atoms with E-state index in [1.807, 2.05) is 19.2 Å². The largest absolute Gasteiger partial charge is 0.462 e. The maximum Gasteiger partial charge on any atom is 0.341 e. The molecule has 2 heterocycles. The number of ether oxygens (including phenoxy) is 1. The second-order valence-corrected chi connectivity index (χ2v) is 9.11. The van der Waals surface area contributed by atoms with Gasteiger partial charge in [-0.1, -0.05) is 23.2 Å². The van der Waals surface area contributed by atoms with Crippen LogP contribution >= 0.6 is 45.9 Å². The molecule has 0 aliphatic heterocycles. The third-order valence-electron chi connectivity index (χ3n) is 4.27. The normalized spacial score (nSPS) is 11.3. The molecule has 1 N–H and O–H groups in total. The van der Waals surface area contributed by atoms with E-state index in [2.05, 4.69) is 16.4 Å². The summed E-state index contributed by atoms with van der Waals surface area (Å²) in [5.74, 6) is -0.386. The van der Waals surface area contributed by atoms with Crippen LogP contribution in [0.15, 0.2) is 29.8 Å². The van der Waals surface area contributed by atoms with Gasteiger partial charge in [0.2, 0.25) is 0 Å². The van der Waals surface area contributed by atoms with Gasteiger partial charge in [0.1, 0.15) is 21.7 Å². The first-order valence-electron chi connectivity index (χ1n) is 8.90. The lowest BCUT2D eigenvalue weighted by molar-refractivity contribution is 0.0527. The van der Waals surface area contributed by atoms with Crippen molar-refractivity contribution in [2.75, 3.05) is 11.9 Å². The summed E-state index contributed by atoms with van der Waals surface area (Å²) in [5.41, 5.74) is 3.09. The molecule has 0 atom stereocenters. The molecule has 0 amide bonds. The van der Waals surface area contributed by atoms with Crippen molar-refractivity contribution in [2.24, 2.45) is 0 Å². The van der Waals surface area contributed by atoms with Gasteiger partial charge in [0.25, 0.3) is 0 Å². The van der Waals surface area contributed by atoms with Crippen LogP contribution in [0.25, 0.3) is 16.8 Å². The van der Waals surface area contributed by atoms with Crippen LogP contribution in [0.4, 0.5) is 5.00 Å². The summed E-state index contributed by atoms with van der Waals surface area (Å²) in [5, 5.41) is 16.7. The molecule has 0 radical (unpaired) electrons. The Balaban J connectivity index is 1.90. The molecule has 0 unspecified atom stereocenters. The van der Waals surface area contributed by atoms with Gasteiger partial charge in [-0.25, -0.2) is 9.78 Å². The number of thiazole rings is 1. The number of carbonyl (C=O) groups is 1. The van der Waals surface area contributed by atoms with E-state index in [-0.39, 0.29) is 5.97 Å². The standard InChI is InChI=1S/C21H17Cl2N3O2S2/c1-4-28-21(27)18-11(2)12(3)30-20(18)25-9-13(8-24)19-26-17(10-29-19)15-6-5-14(22)7-16(15)23/h5-7,9-10,25H,4H2,1-3H3/b13-9-. The highest BCUT2D eigenvalue weighted by Crippen LogP contribution is 2.35. The van der Waals surface area contributed by atoms with Crippen molar-refractivity contribution < 1.29 is 9.53 Å². The molecule has 154 valence electrons. The number of thiophene rings is 1. The Labute approximate surface area is 192 Å². The monoisotopic (exact) mass is 477 g/mol. The van der Waals surface area contributed by atoms with Gasteiger partial charge >= 0.3 is 5.97 Å². The van der Waals surface area contributed by atoms with Gasteiger partial charge in [-0.05, 0) is 44.5 Å². The SMILES string of the molecule is CCOC(=O)c1c(N/C=C(/C#N)c2nc(-c3ccc(Cl)cc3Cl)cs2)sc(C)c1C. The van der Waals surface area contributed by atoms with Crippen molar-refractivity contribution >= 4 is 62.4 Å². The first-order chi connectivity index (χ1) is 14.3. The molecule has 1 aromatic carbocycles. The minimum absolute atomic E-state index is 0.293. The molecule has 3 aromatic rings. The average molecular weight is 478 g/mol. The summed E-state index contributed by atoms with van der Waals surface area (Å²) in [6.45, 7) is 5.87. The second kappa shape index (κ2) is 9.63. The van der Waals surface area contributed by atoms with Crippen LogP contribution in [0.3, 0.4) is 0 Å². The number of nitrogens with one attached hydrogen (secondary N) is 1. The zero-order valence-electron chi connectivity index (χ0n) is 16.4. The van der Waals surface area contributed by atoms with Crippen LogP contribution in [-0.4, -0.2) is 17.6 Å². The highest BCUT2D eigenvalue weighted by Gasteiger charge is 2.20. The zero-order valence-corrected chi connectivity index (χ0v) is 19.5. The fourth-order valence-corrected chi connectivity index (χ4v) is 4.98. The lowest BCUT2D eigenvalue weighted by Gasteiger charge is -2.05. The lowest BCUT2D eigenvalue weighted by atomic mass is 10.1. The Morgan fingerprint density at radius 1 is 1.37 bits per heavy atom. The van der Waals surface area contributed by atoms with Gasteiger partial charge in [0.05, 0.1) is 22.9 Å². The van der Waals surface area contributed by atoms with E-state index in [0.717, 1.165) is 16.0 Å². The number of nitrogens with zero attached hydrogens (tertiary/aromatic N) is 2. The van der Waals surface area contributed by atoms with Crippen molar-refractivity contribution in [2.45, 2.75) is 20.8 Å². The van der Waals surface area contributed by atoms with Crippen LogP contribution in [-0.2, 0) is 4.74 Å². The Kier molecular flexibility index (Phi) is 7.16. The van der Waals surface area contributed by atoms with Crippen molar-refractivity contribution in [1.29, 1.82) is 5.26 Å². The van der Waals surface area contributed by atoms with E-state index in [4.69, 9.17) is 27.9 Å². The highest BCUT2D eigenvalue weighted by molar-refractivity contribution is 7.16. The van der Waals surface area contributed by atoms with Gasteiger partial charge < -0.3 is 10.1 Å². The quantitative estimate of drug-likeness (QED) is 0.307. The topological polar surface area (TPSA) is 75.0 Å². The summed E-state index contributed by atoms with van der Waals surface area (Å²) < 4.78 is 5.16. The highest BCUT2D eigenvalue weighted by atomic mass is 35.5. The molecule has 3 rings (SSSR count). The average Bonchev–Trinajstić information content (AvgIpc) is 3.28. The molecular formula is C21H17Cl2N3O2S2. The minimum Gasteiger partial charge on any atom is -0.462 e. The number of rotatable bonds is 6. The third kappa shape index (κ3) is 4.68. The van der Waals surface area contributed by atoms with Crippen molar-refractivity contribution in [3.8, 4) is 17.3 Å². The van der Waals surface area contributed by atoms with Gasteiger partial charge in [-0.15, -0.1) is 22.7 Å². The first-order valence-corrected chi connectivity index (χ1v) is 11.4. The molecule has 30 heavy (non-hydrogen) atoms. The molecule has 0 saturated carbocycles. The fourth-order valence-electron chi connectivity index (χ4n) is 2.68. The molecule has 2 aromatic heterocycles. The molecule has 0 fully saturated rings. The summed E-state index contributed by atoms with van der Waals surface area (Å²) in [4.78, 5) is 17.9. The lowest BCUT2D eigenvalue weighted by Crippen LogP contribution is -2.07. The summed E-state index contributed by atoms with van der Waals surface area (Å²) in [6.07, 6.45) is 1.56. The number of esters is 1.